The molecule has 4 rings (SSSR count). The van der Waals surface area contributed by atoms with Crippen molar-refractivity contribution in [3.63, 3.8) is 0 Å². The monoisotopic (exact) mass is 445 g/mol. The number of halogens is 3. The molecule has 0 bridgehead atoms. The highest BCUT2D eigenvalue weighted by molar-refractivity contribution is 7.89. The Balaban J connectivity index is 1.91. The fourth-order valence-corrected chi connectivity index (χ4v) is 5.23. The molecule has 1 saturated carbocycles. The van der Waals surface area contributed by atoms with Crippen LogP contribution >= 0.6 is 22.9 Å². The minimum absolute atomic E-state index is 0.0505. The van der Waals surface area contributed by atoms with Gasteiger partial charge in [-0.05, 0) is 38.8 Å². The highest BCUT2D eigenvalue weighted by Crippen LogP contribution is 2.38. The largest absolute Gasteiger partial charge is 0.291 e. The Labute approximate surface area is 168 Å². The number of aromatic nitrogens is 4. The zero-order valence-corrected chi connectivity index (χ0v) is 17.1. The van der Waals surface area contributed by atoms with Crippen LogP contribution in [0.25, 0.3) is 21.6 Å². The van der Waals surface area contributed by atoms with Crippen LogP contribution in [0.5, 0.6) is 0 Å². The number of alkyl halides is 2. The predicted molar refractivity (Wildman–Crippen MR) is 101 cm³/mol. The quantitative estimate of drug-likeness (QED) is 0.640. The van der Waals surface area contributed by atoms with Crippen LogP contribution in [-0.2, 0) is 10.0 Å². The van der Waals surface area contributed by atoms with Gasteiger partial charge in [-0.25, -0.2) is 31.9 Å². The molecule has 2 heterocycles. The van der Waals surface area contributed by atoms with Gasteiger partial charge in [0, 0.05) is 10.9 Å². The van der Waals surface area contributed by atoms with Crippen LogP contribution in [0.2, 0.25) is 5.02 Å². The van der Waals surface area contributed by atoms with E-state index in [0.29, 0.717) is 28.1 Å². The number of hydrogen-bond donors (Lipinski definition) is 1. The Morgan fingerprint density at radius 2 is 1.96 bits per heavy atom. The molecular weight excluding hydrogens is 432 g/mol. The maximum absolute atomic E-state index is 12.9. The van der Waals surface area contributed by atoms with Crippen LogP contribution in [0.15, 0.2) is 17.0 Å². The number of fused-ring (bicyclic) bond motifs is 1. The first-order valence-electron chi connectivity index (χ1n) is 8.22. The zero-order valence-electron chi connectivity index (χ0n) is 14.7. The molecular formula is C16H14ClF2N5O2S2. The number of aryl methyl sites for hydroxylation is 1. The van der Waals surface area contributed by atoms with Gasteiger partial charge in [-0.2, -0.15) is 0 Å². The van der Waals surface area contributed by atoms with Crippen molar-refractivity contribution in [1.29, 1.82) is 0 Å². The normalized spacial score (nSPS) is 16.1. The van der Waals surface area contributed by atoms with Crippen molar-refractivity contribution in [2.45, 2.75) is 43.5 Å². The Morgan fingerprint density at radius 3 is 2.57 bits per heavy atom. The highest BCUT2D eigenvalue weighted by atomic mass is 35.5. The van der Waals surface area contributed by atoms with Crippen LogP contribution < -0.4 is 4.72 Å². The third-order valence-electron chi connectivity index (χ3n) is 4.36. The molecule has 1 aliphatic rings. The smallest absolute Gasteiger partial charge is 0.232 e. The summed E-state index contributed by atoms with van der Waals surface area (Å²) >= 11 is 6.99. The molecule has 0 radical (unpaired) electrons. The first-order valence-corrected chi connectivity index (χ1v) is 10.9. The van der Waals surface area contributed by atoms with Gasteiger partial charge in [0.15, 0.2) is 10.0 Å². The Hall–Kier alpha value is -1.82. The molecule has 1 N–H and O–H groups in total. The molecule has 148 valence electrons. The van der Waals surface area contributed by atoms with Crippen LogP contribution in [0.4, 0.5) is 8.78 Å². The number of sulfonamides is 1. The summed E-state index contributed by atoms with van der Waals surface area (Å²) in [4.78, 5) is 8.49. The van der Waals surface area contributed by atoms with E-state index in [4.69, 9.17) is 11.6 Å². The molecule has 7 nitrogen and oxygen atoms in total. The van der Waals surface area contributed by atoms with Crippen molar-refractivity contribution >= 4 is 43.9 Å². The molecule has 3 aromatic rings. The topological polar surface area (TPSA) is 97.7 Å². The van der Waals surface area contributed by atoms with Crippen molar-refractivity contribution in [2.24, 2.45) is 0 Å². The Morgan fingerprint density at radius 1 is 1.25 bits per heavy atom. The number of nitrogens with zero attached hydrogens (tertiary/aromatic N) is 4. The molecule has 12 heteroatoms. The SMILES string of the molecule is Cc1nc(-c2nnc(C(F)F)s2)c2cc(S(=O)(=O)NC3(C)CC3)cc(Cl)c2n1. The van der Waals surface area contributed by atoms with Crippen molar-refractivity contribution in [2.75, 3.05) is 0 Å². The van der Waals surface area contributed by atoms with E-state index in [2.05, 4.69) is 24.9 Å². The van der Waals surface area contributed by atoms with Gasteiger partial charge in [0.05, 0.1) is 15.4 Å². The van der Waals surface area contributed by atoms with E-state index in [9.17, 15) is 17.2 Å². The van der Waals surface area contributed by atoms with Crippen molar-refractivity contribution in [1.82, 2.24) is 24.9 Å². The molecule has 0 amide bonds. The number of hydrogen-bond acceptors (Lipinski definition) is 7. The maximum atomic E-state index is 12.9. The second-order valence-corrected chi connectivity index (χ2v) is 9.93. The summed E-state index contributed by atoms with van der Waals surface area (Å²) in [6.45, 7) is 3.44. The minimum atomic E-state index is -3.83. The first-order chi connectivity index (χ1) is 13.1. The van der Waals surface area contributed by atoms with E-state index in [1.165, 1.54) is 12.1 Å². The zero-order chi connectivity index (χ0) is 20.3. The van der Waals surface area contributed by atoms with Gasteiger partial charge < -0.3 is 0 Å². The Kier molecular flexibility index (Phi) is 4.60. The molecule has 0 aliphatic heterocycles. The molecule has 28 heavy (non-hydrogen) atoms. The average Bonchev–Trinajstić information content (AvgIpc) is 3.12. The van der Waals surface area contributed by atoms with Gasteiger partial charge in [0.25, 0.3) is 6.43 Å². The second-order valence-electron chi connectivity index (χ2n) is 6.83. The van der Waals surface area contributed by atoms with Gasteiger partial charge in [0.2, 0.25) is 10.0 Å². The number of nitrogens with one attached hydrogen (secondary N) is 1. The molecule has 1 aromatic carbocycles. The standard InChI is InChI=1S/C16H14ClF2N5O2S2/c1-7-20-11-9(12(21-7)14-22-23-15(27-14)13(18)19)5-8(6-10(11)17)28(25,26)24-16(2)3-4-16/h5-6,13,24H,3-4H2,1-2H3. The molecule has 1 fully saturated rings. The lowest BCUT2D eigenvalue weighted by Crippen LogP contribution is -2.34. The summed E-state index contributed by atoms with van der Waals surface area (Å²) in [5.74, 6) is 0.345. The molecule has 0 atom stereocenters. The van der Waals surface area contributed by atoms with Crippen molar-refractivity contribution in [3.05, 3.63) is 28.0 Å². The lowest BCUT2D eigenvalue weighted by atomic mass is 10.2. The lowest BCUT2D eigenvalue weighted by molar-refractivity contribution is 0.150. The van der Waals surface area contributed by atoms with E-state index in [1.807, 2.05) is 6.92 Å². The molecule has 0 spiro atoms. The first kappa shape index (κ1) is 19.5. The Bertz CT molecular complexity index is 1200. The molecule has 0 saturated heterocycles. The van der Waals surface area contributed by atoms with Crippen molar-refractivity contribution < 1.29 is 17.2 Å². The van der Waals surface area contributed by atoms with Gasteiger partial charge in [-0.3, -0.25) is 0 Å². The number of benzene rings is 1. The summed E-state index contributed by atoms with van der Waals surface area (Å²) in [5.41, 5.74) is 0.0659. The van der Waals surface area contributed by atoms with Crippen LogP contribution in [0.3, 0.4) is 0 Å². The molecule has 0 unspecified atom stereocenters. The third-order valence-corrected chi connectivity index (χ3v) is 7.20. The van der Waals surface area contributed by atoms with E-state index in [0.717, 1.165) is 12.8 Å². The van der Waals surface area contributed by atoms with Gasteiger partial charge >= 0.3 is 0 Å². The predicted octanol–water partition coefficient (Wildman–Crippen LogP) is 3.88. The molecule has 1 aliphatic carbocycles. The van der Waals surface area contributed by atoms with E-state index >= 15 is 0 Å². The number of rotatable bonds is 5. The highest BCUT2D eigenvalue weighted by Gasteiger charge is 2.41. The summed E-state index contributed by atoms with van der Waals surface area (Å²) in [6.07, 6.45) is -1.26. The van der Waals surface area contributed by atoms with Crippen LogP contribution in [0, 0.1) is 6.92 Å². The second kappa shape index (κ2) is 6.61. The van der Waals surface area contributed by atoms with E-state index < -0.39 is 27.0 Å². The van der Waals surface area contributed by atoms with E-state index in [1.54, 1.807) is 6.92 Å². The lowest BCUT2D eigenvalue weighted by Gasteiger charge is -2.14. The van der Waals surface area contributed by atoms with Crippen LogP contribution in [-0.4, -0.2) is 34.1 Å². The summed E-state index contributed by atoms with van der Waals surface area (Å²) in [6, 6.07) is 2.70. The molecule has 2 aromatic heterocycles. The maximum Gasteiger partial charge on any atom is 0.291 e. The van der Waals surface area contributed by atoms with Gasteiger partial charge in [-0.15, -0.1) is 10.2 Å². The fraction of sp³-hybridized carbons (Fsp3) is 0.375. The third kappa shape index (κ3) is 3.59. The van der Waals surface area contributed by atoms with Gasteiger partial charge in [0.1, 0.15) is 11.5 Å². The summed E-state index contributed by atoms with van der Waals surface area (Å²) in [7, 11) is -3.83. The van der Waals surface area contributed by atoms with Gasteiger partial charge in [-0.1, -0.05) is 22.9 Å². The van der Waals surface area contributed by atoms with E-state index in [-0.39, 0.29) is 20.6 Å². The minimum Gasteiger partial charge on any atom is -0.232 e. The summed E-state index contributed by atoms with van der Waals surface area (Å²) < 4.78 is 54.0. The average molecular weight is 446 g/mol. The fourth-order valence-electron chi connectivity index (χ4n) is 2.69. The van der Waals surface area contributed by atoms with Crippen molar-refractivity contribution in [3.8, 4) is 10.7 Å². The van der Waals surface area contributed by atoms with Crippen LogP contribution in [0.1, 0.15) is 37.0 Å². The summed E-state index contributed by atoms with van der Waals surface area (Å²) in [5, 5.41) is 7.36.